The molecule has 1 atom stereocenters. The molecule has 0 aromatic heterocycles. The molecule has 0 saturated heterocycles. The lowest BCUT2D eigenvalue weighted by molar-refractivity contribution is -0.122. The quantitative estimate of drug-likeness (QED) is 0.861. The van der Waals surface area contributed by atoms with Crippen molar-refractivity contribution in [2.75, 3.05) is 5.32 Å². The summed E-state index contributed by atoms with van der Waals surface area (Å²) in [7, 11) is 0. The molecule has 1 heterocycles. The van der Waals surface area contributed by atoms with Crippen molar-refractivity contribution in [3.8, 4) is 0 Å². The van der Waals surface area contributed by atoms with E-state index in [-0.39, 0.29) is 11.8 Å². The Labute approximate surface area is 118 Å². The molecule has 2 rings (SSSR count). The predicted octanol–water partition coefficient (Wildman–Crippen LogP) is 4.64. The monoisotopic (exact) mass is 285 g/mol. The van der Waals surface area contributed by atoms with Crippen molar-refractivity contribution in [3.05, 3.63) is 27.7 Å². The Hall–Kier alpha value is -0.730. The van der Waals surface area contributed by atoms with Crippen molar-refractivity contribution < 1.29 is 4.79 Å². The van der Waals surface area contributed by atoms with Crippen LogP contribution in [0.2, 0.25) is 10.0 Å². The van der Waals surface area contributed by atoms with E-state index in [1.54, 1.807) is 6.07 Å². The van der Waals surface area contributed by atoms with Crippen LogP contribution in [0.25, 0.3) is 0 Å². The molecule has 1 aliphatic heterocycles. The third-order valence-corrected chi connectivity index (χ3v) is 4.33. The highest BCUT2D eigenvalue weighted by Gasteiger charge is 2.49. The third-order valence-electron chi connectivity index (χ3n) is 3.81. The van der Waals surface area contributed by atoms with E-state index in [1.807, 2.05) is 6.07 Å². The first kappa shape index (κ1) is 13.7. The van der Waals surface area contributed by atoms with Gasteiger partial charge in [0.05, 0.1) is 16.1 Å². The maximum Gasteiger partial charge on any atom is 0.235 e. The highest BCUT2D eigenvalue weighted by molar-refractivity contribution is 6.37. The summed E-state index contributed by atoms with van der Waals surface area (Å²) in [5.74, 6) is 0.242. The Morgan fingerprint density at radius 2 is 2.00 bits per heavy atom. The van der Waals surface area contributed by atoms with Crippen LogP contribution < -0.4 is 5.32 Å². The number of rotatable bonds is 3. The van der Waals surface area contributed by atoms with Gasteiger partial charge in [0.1, 0.15) is 0 Å². The SMILES string of the molecule is CCCC1(C(C)C)C(=O)Nc2c(Cl)cc(Cl)cc21. The fraction of sp³-hybridized carbons (Fsp3) is 0.500. The molecule has 1 amide bonds. The molecule has 1 unspecified atom stereocenters. The summed E-state index contributed by atoms with van der Waals surface area (Å²) < 4.78 is 0. The van der Waals surface area contributed by atoms with Crippen LogP contribution in [0.5, 0.6) is 0 Å². The summed E-state index contributed by atoms with van der Waals surface area (Å²) in [5.41, 5.74) is 1.17. The average Bonchev–Trinajstić information content (AvgIpc) is 2.55. The second kappa shape index (κ2) is 4.75. The summed E-state index contributed by atoms with van der Waals surface area (Å²) in [6.07, 6.45) is 1.75. The number of halogens is 2. The Morgan fingerprint density at radius 1 is 1.33 bits per heavy atom. The van der Waals surface area contributed by atoms with Gasteiger partial charge in [-0.15, -0.1) is 0 Å². The van der Waals surface area contributed by atoms with E-state index in [0.717, 1.165) is 24.1 Å². The largest absolute Gasteiger partial charge is 0.324 e. The van der Waals surface area contributed by atoms with Gasteiger partial charge in [-0.3, -0.25) is 4.79 Å². The van der Waals surface area contributed by atoms with Gasteiger partial charge in [-0.2, -0.15) is 0 Å². The van der Waals surface area contributed by atoms with Gasteiger partial charge in [0, 0.05) is 5.02 Å². The number of carbonyl (C=O) groups excluding carboxylic acids is 1. The number of hydrogen-bond donors (Lipinski definition) is 1. The van der Waals surface area contributed by atoms with Crippen LogP contribution in [0.3, 0.4) is 0 Å². The van der Waals surface area contributed by atoms with Gasteiger partial charge in [-0.1, -0.05) is 50.4 Å². The molecule has 0 bridgehead atoms. The molecule has 18 heavy (non-hydrogen) atoms. The summed E-state index contributed by atoms with van der Waals surface area (Å²) >= 11 is 12.3. The van der Waals surface area contributed by atoms with Gasteiger partial charge in [0.25, 0.3) is 0 Å². The van der Waals surface area contributed by atoms with Gasteiger partial charge < -0.3 is 5.32 Å². The molecule has 1 aromatic carbocycles. The number of amides is 1. The zero-order chi connectivity index (χ0) is 13.5. The highest BCUT2D eigenvalue weighted by atomic mass is 35.5. The standard InChI is InChI=1S/C14H17Cl2NO/c1-4-5-14(8(2)3)10-6-9(15)7-11(16)12(10)17-13(14)18/h6-8H,4-5H2,1-3H3,(H,17,18). The minimum Gasteiger partial charge on any atom is -0.324 e. The van der Waals surface area contributed by atoms with Crippen LogP contribution in [-0.4, -0.2) is 5.91 Å². The number of benzene rings is 1. The number of carbonyl (C=O) groups is 1. The lowest BCUT2D eigenvalue weighted by Gasteiger charge is -2.31. The maximum atomic E-state index is 12.4. The van der Waals surface area contributed by atoms with E-state index in [1.165, 1.54) is 0 Å². The van der Waals surface area contributed by atoms with Crippen LogP contribution in [0, 0.1) is 5.92 Å². The van der Waals surface area contributed by atoms with E-state index < -0.39 is 5.41 Å². The molecule has 4 heteroatoms. The first-order chi connectivity index (χ1) is 8.43. The third kappa shape index (κ3) is 1.83. The van der Waals surface area contributed by atoms with Gasteiger partial charge in [-0.25, -0.2) is 0 Å². The predicted molar refractivity (Wildman–Crippen MR) is 76.5 cm³/mol. The van der Waals surface area contributed by atoms with Crippen molar-refractivity contribution in [2.24, 2.45) is 5.92 Å². The van der Waals surface area contributed by atoms with Gasteiger partial charge in [0.15, 0.2) is 0 Å². The second-order valence-electron chi connectivity index (χ2n) is 5.14. The summed E-state index contributed by atoms with van der Waals surface area (Å²) in [4.78, 5) is 12.4. The highest BCUT2D eigenvalue weighted by Crippen LogP contribution is 2.49. The molecule has 1 aliphatic rings. The van der Waals surface area contributed by atoms with Crippen molar-refractivity contribution in [1.82, 2.24) is 0 Å². The molecule has 98 valence electrons. The second-order valence-corrected chi connectivity index (χ2v) is 5.98. The number of nitrogens with one attached hydrogen (secondary N) is 1. The number of fused-ring (bicyclic) bond motifs is 1. The maximum absolute atomic E-state index is 12.4. The molecule has 0 fully saturated rings. The fourth-order valence-corrected chi connectivity index (χ4v) is 3.44. The van der Waals surface area contributed by atoms with E-state index in [4.69, 9.17) is 23.2 Å². The summed E-state index contributed by atoms with van der Waals surface area (Å²) in [5, 5.41) is 4.02. The van der Waals surface area contributed by atoms with E-state index in [0.29, 0.717) is 10.0 Å². The van der Waals surface area contributed by atoms with E-state index in [2.05, 4.69) is 26.1 Å². The zero-order valence-corrected chi connectivity index (χ0v) is 12.3. The van der Waals surface area contributed by atoms with Gasteiger partial charge in [0.2, 0.25) is 5.91 Å². The molecule has 0 spiro atoms. The van der Waals surface area contributed by atoms with Crippen LogP contribution in [0.4, 0.5) is 5.69 Å². The topological polar surface area (TPSA) is 29.1 Å². The van der Waals surface area contributed by atoms with Crippen LogP contribution in [-0.2, 0) is 10.2 Å². The van der Waals surface area contributed by atoms with Gasteiger partial charge in [-0.05, 0) is 30.0 Å². The molecule has 0 saturated carbocycles. The van der Waals surface area contributed by atoms with Crippen LogP contribution in [0.1, 0.15) is 39.2 Å². The Morgan fingerprint density at radius 3 is 2.56 bits per heavy atom. The van der Waals surface area contributed by atoms with Crippen LogP contribution >= 0.6 is 23.2 Å². The lowest BCUT2D eigenvalue weighted by Crippen LogP contribution is -2.39. The average molecular weight is 286 g/mol. The Kier molecular flexibility index (Phi) is 3.61. The fourth-order valence-electron chi connectivity index (χ4n) is 2.90. The van der Waals surface area contributed by atoms with E-state index >= 15 is 0 Å². The Balaban J connectivity index is 2.68. The molecular weight excluding hydrogens is 269 g/mol. The summed E-state index contributed by atoms with van der Waals surface area (Å²) in [6.45, 7) is 6.22. The Bertz CT molecular complexity index is 499. The smallest absolute Gasteiger partial charge is 0.235 e. The van der Waals surface area contributed by atoms with Crippen LogP contribution in [0.15, 0.2) is 12.1 Å². The molecule has 1 aromatic rings. The van der Waals surface area contributed by atoms with Crippen molar-refractivity contribution in [3.63, 3.8) is 0 Å². The minimum absolute atomic E-state index is 0.0403. The zero-order valence-electron chi connectivity index (χ0n) is 10.8. The molecule has 2 nitrogen and oxygen atoms in total. The molecule has 0 radical (unpaired) electrons. The van der Waals surface area contributed by atoms with Crippen molar-refractivity contribution in [1.29, 1.82) is 0 Å². The lowest BCUT2D eigenvalue weighted by atomic mass is 9.69. The minimum atomic E-state index is -0.501. The molecule has 1 N–H and O–H groups in total. The van der Waals surface area contributed by atoms with Crippen molar-refractivity contribution >= 4 is 34.8 Å². The number of anilines is 1. The first-order valence-corrected chi connectivity index (χ1v) is 7.00. The normalized spacial score (nSPS) is 22.2. The number of hydrogen-bond acceptors (Lipinski definition) is 1. The van der Waals surface area contributed by atoms with Crippen molar-refractivity contribution in [2.45, 2.75) is 39.0 Å². The van der Waals surface area contributed by atoms with Gasteiger partial charge >= 0.3 is 0 Å². The van der Waals surface area contributed by atoms with E-state index in [9.17, 15) is 4.79 Å². The summed E-state index contributed by atoms with van der Waals surface area (Å²) in [6, 6.07) is 3.54. The molecule has 0 aliphatic carbocycles. The molecular formula is C14H17Cl2NO. The first-order valence-electron chi connectivity index (χ1n) is 6.24.